The summed E-state index contributed by atoms with van der Waals surface area (Å²) in [5.41, 5.74) is 5.26. The third-order valence-corrected chi connectivity index (χ3v) is 10.3. The number of amides is 2. The number of pyridine rings is 2. The highest BCUT2D eigenvalue weighted by Crippen LogP contribution is 2.45. The molecule has 0 atom stereocenters. The maximum atomic E-state index is 13.9. The van der Waals surface area contributed by atoms with Crippen LogP contribution in [0.15, 0.2) is 41.3 Å². The molecule has 3 N–H and O–H groups in total. The van der Waals surface area contributed by atoms with Gasteiger partial charge in [0.2, 0.25) is 5.91 Å². The van der Waals surface area contributed by atoms with Gasteiger partial charge in [0.05, 0.1) is 5.41 Å². The second-order valence-corrected chi connectivity index (χ2v) is 13.6. The number of rotatable bonds is 10. The van der Waals surface area contributed by atoms with Crippen LogP contribution in [-0.4, -0.2) is 66.0 Å². The van der Waals surface area contributed by atoms with E-state index in [1.165, 1.54) is 19.4 Å². The van der Waals surface area contributed by atoms with Crippen molar-refractivity contribution in [3.05, 3.63) is 80.4 Å². The molecule has 3 heterocycles. The Morgan fingerprint density at radius 1 is 0.978 bits per heavy atom. The molecule has 9 nitrogen and oxygen atoms in total. The number of H-pyrrole nitrogens is 1. The van der Waals surface area contributed by atoms with Gasteiger partial charge in [-0.1, -0.05) is 12.8 Å². The lowest BCUT2D eigenvalue weighted by molar-refractivity contribution is -0.126. The number of hydrogen-bond donors (Lipinski definition) is 3. The van der Waals surface area contributed by atoms with Gasteiger partial charge in [-0.05, 0) is 112 Å². The van der Waals surface area contributed by atoms with Crippen LogP contribution in [-0.2, 0) is 16.8 Å². The second kappa shape index (κ2) is 13.4. The van der Waals surface area contributed by atoms with Crippen LogP contribution < -0.4 is 21.1 Å². The van der Waals surface area contributed by atoms with Crippen molar-refractivity contribution in [2.75, 3.05) is 44.2 Å². The number of aryl methyl sites for hydroxylation is 2. The maximum absolute atomic E-state index is 13.9. The van der Waals surface area contributed by atoms with E-state index in [-0.39, 0.29) is 23.9 Å². The normalized spacial score (nSPS) is 18.0. The molecular formula is C37H48N6O3. The van der Waals surface area contributed by atoms with Crippen LogP contribution in [0, 0.1) is 26.7 Å². The van der Waals surface area contributed by atoms with E-state index >= 15 is 0 Å². The third-order valence-electron chi connectivity index (χ3n) is 10.3. The van der Waals surface area contributed by atoms with Crippen molar-refractivity contribution in [3.8, 4) is 11.1 Å². The molecule has 3 aromatic rings. The number of anilines is 1. The van der Waals surface area contributed by atoms with E-state index in [0.717, 1.165) is 97.1 Å². The quantitative estimate of drug-likeness (QED) is 0.300. The summed E-state index contributed by atoms with van der Waals surface area (Å²) in [4.78, 5) is 52.9. The summed E-state index contributed by atoms with van der Waals surface area (Å²) in [5, 5.41) is 6.09. The number of hydrogen-bond acceptors (Lipinski definition) is 6. The van der Waals surface area contributed by atoms with Crippen molar-refractivity contribution >= 4 is 17.6 Å². The monoisotopic (exact) mass is 624 g/mol. The van der Waals surface area contributed by atoms with E-state index in [4.69, 9.17) is 4.98 Å². The lowest BCUT2D eigenvalue weighted by Crippen LogP contribution is -2.47. The molecule has 1 aliphatic heterocycles. The standard InChI is InChI=1S/C37H48N6O3/c1-5-38-36(46)37(12-6-7-13-37)32-20-29(19-30(26(32)4)34(44)40-22-31-24(2)18-25(3)41-35(31)45)28-10-11-33(39-21-28)43-16-14-42(15-17-43)23-27-8-9-27/h10-11,18-21,27H,5-9,12-17,22-23H2,1-4H3,(H,38,46)(H,40,44)(H,41,45). The zero-order chi connectivity index (χ0) is 32.4. The minimum Gasteiger partial charge on any atom is -0.356 e. The molecule has 2 amide bonds. The van der Waals surface area contributed by atoms with E-state index in [1.54, 1.807) is 0 Å². The number of piperazine rings is 1. The van der Waals surface area contributed by atoms with Gasteiger partial charge in [0.25, 0.3) is 11.5 Å². The Kier molecular flexibility index (Phi) is 9.32. The smallest absolute Gasteiger partial charge is 0.253 e. The van der Waals surface area contributed by atoms with E-state index in [0.29, 0.717) is 17.7 Å². The fourth-order valence-electron chi connectivity index (χ4n) is 7.47. The Balaban J connectivity index is 1.31. The van der Waals surface area contributed by atoms with Gasteiger partial charge in [0, 0.05) is 74.4 Å². The van der Waals surface area contributed by atoms with Gasteiger partial charge in [0.1, 0.15) is 5.82 Å². The first-order valence-electron chi connectivity index (χ1n) is 17.0. The summed E-state index contributed by atoms with van der Waals surface area (Å²) in [6.45, 7) is 13.6. The number of aromatic amines is 1. The summed E-state index contributed by atoms with van der Waals surface area (Å²) in [5.74, 6) is 1.63. The molecule has 46 heavy (non-hydrogen) atoms. The molecule has 6 rings (SSSR count). The number of benzene rings is 1. The average molecular weight is 625 g/mol. The van der Waals surface area contributed by atoms with Crippen molar-refractivity contribution in [2.45, 2.75) is 78.2 Å². The van der Waals surface area contributed by atoms with E-state index < -0.39 is 5.41 Å². The van der Waals surface area contributed by atoms with Crippen molar-refractivity contribution < 1.29 is 9.59 Å². The van der Waals surface area contributed by atoms with Gasteiger partial charge in [0.15, 0.2) is 0 Å². The SMILES string of the molecule is CCNC(=O)C1(c2cc(-c3ccc(N4CCN(CC5CC5)CC4)nc3)cc(C(=O)NCc3c(C)cc(C)[nH]c3=O)c2C)CCCC1. The largest absolute Gasteiger partial charge is 0.356 e. The molecule has 0 bridgehead atoms. The highest BCUT2D eigenvalue weighted by atomic mass is 16.2. The first-order valence-corrected chi connectivity index (χ1v) is 17.0. The lowest BCUT2D eigenvalue weighted by atomic mass is 9.74. The second-order valence-electron chi connectivity index (χ2n) is 13.6. The zero-order valence-corrected chi connectivity index (χ0v) is 27.8. The van der Waals surface area contributed by atoms with Crippen molar-refractivity contribution in [1.82, 2.24) is 25.5 Å². The van der Waals surface area contributed by atoms with Crippen molar-refractivity contribution in [3.63, 3.8) is 0 Å². The Bertz CT molecular complexity index is 1640. The summed E-state index contributed by atoms with van der Waals surface area (Å²) in [6, 6.07) is 10.1. The molecule has 3 aliphatic rings. The zero-order valence-electron chi connectivity index (χ0n) is 27.8. The Labute approximate surface area is 272 Å². The topological polar surface area (TPSA) is 110 Å². The molecule has 0 unspecified atom stereocenters. The van der Waals surface area contributed by atoms with Crippen LogP contribution in [0.2, 0.25) is 0 Å². The fourth-order valence-corrected chi connectivity index (χ4v) is 7.47. The molecule has 2 saturated carbocycles. The van der Waals surface area contributed by atoms with Crippen LogP contribution in [0.4, 0.5) is 5.82 Å². The van der Waals surface area contributed by atoms with Crippen LogP contribution >= 0.6 is 0 Å². The van der Waals surface area contributed by atoms with E-state index in [9.17, 15) is 14.4 Å². The predicted octanol–water partition coefficient (Wildman–Crippen LogP) is 4.77. The Morgan fingerprint density at radius 2 is 1.72 bits per heavy atom. The van der Waals surface area contributed by atoms with Gasteiger partial charge in [-0.25, -0.2) is 4.98 Å². The van der Waals surface area contributed by atoms with Gasteiger partial charge >= 0.3 is 0 Å². The number of carbonyl (C=O) groups is 2. The number of nitrogens with zero attached hydrogens (tertiary/aromatic N) is 3. The Hall–Kier alpha value is -3.98. The third kappa shape index (κ3) is 6.61. The van der Waals surface area contributed by atoms with Crippen LogP contribution in [0.1, 0.15) is 83.8 Å². The molecule has 1 saturated heterocycles. The summed E-state index contributed by atoms with van der Waals surface area (Å²) in [7, 11) is 0. The van der Waals surface area contributed by atoms with Crippen molar-refractivity contribution in [2.24, 2.45) is 5.92 Å². The van der Waals surface area contributed by atoms with Gasteiger partial charge in [-0.2, -0.15) is 0 Å². The summed E-state index contributed by atoms with van der Waals surface area (Å²) < 4.78 is 0. The Morgan fingerprint density at radius 3 is 2.35 bits per heavy atom. The fraction of sp³-hybridized carbons (Fsp3) is 0.514. The highest BCUT2D eigenvalue weighted by molar-refractivity contribution is 5.99. The molecule has 2 aromatic heterocycles. The molecule has 3 fully saturated rings. The van der Waals surface area contributed by atoms with Gasteiger partial charge in [-0.15, -0.1) is 0 Å². The molecule has 9 heteroatoms. The lowest BCUT2D eigenvalue weighted by Gasteiger charge is -2.35. The van der Waals surface area contributed by atoms with E-state index in [2.05, 4.69) is 43.6 Å². The van der Waals surface area contributed by atoms with E-state index in [1.807, 2.05) is 46.0 Å². The van der Waals surface area contributed by atoms with Crippen LogP contribution in [0.25, 0.3) is 11.1 Å². The maximum Gasteiger partial charge on any atom is 0.253 e. The predicted molar refractivity (Wildman–Crippen MR) is 182 cm³/mol. The summed E-state index contributed by atoms with van der Waals surface area (Å²) >= 11 is 0. The van der Waals surface area contributed by atoms with Crippen molar-refractivity contribution in [1.29, 1.82) is 0 Å². The minimum atomic E-state index is -0.691. The average Bonchev–Trinajstić information content (AvgIpc) is 3.72. The molecule has 2 aliphatic carbocycles. The number of carbonyl (C=O) groups excluding carboxylic acids is 2. The number of likely N-dealkylation sites (N-methyl/N-ethyl adjacent to an activating group) is 1. The van der Waals surface area contributed by atoms with Gasteiger partial charge in [-0.3, -0.25) is 19.3 Å². The molecule has 244 valence electrons. The number of aromatic nitrogens is 2. The highest BCUT2D eigenvalue weighted by Gasteiger charge is 2.44. The molecule has 1 aromatic carbocycles. The molecule has 0 radical (unpaired) electrons. The number of nitrogens with one attached hydrogen (secondary N) is 3. The molecular weight excluding hydrogens is 576 g/mol. The first-order chi connectivity index (χ1) is 22.2. The van der Waals surface area contributed by atoms with Crippen LogP contribution in [0.3, 0.4) is 0 Å². The summed E-state index contributed by atoms with van der Waals surface area (Å²) in [6.07, 6.45) is 8.06. The van der Waals surface area contributed by atoms with Gasteiger partial charge < -0.3 is 20.5 Å². The minimum absolute atomic E-state index is 0.0234. The first kappa shape index (κ1) is 32.0. The molecule has 0 spiro atoms. The van der Waals surface area contributed by atoms with Crippen LogP contribution in [0.5, 0.6) is 0 Å².